The van der Waals surface area contributed by atoms with E-state index >= 15 is 0 Å². The SMILES string of the molecule is Cc1csc(CN(C(=O)c2cc(C(=O)O)cc(-c3ncco3)c2)C(C)(C)C)n1. The Kier molecular flexibility index (Phi) is 5.33. The van der Waals surface area contributed by atoms with Crippen LogP contribution in [0.15, 0.2) is 40.5 Å². The molecule has 0 bridgehead atoms. The summed E-state index contributed by atoms with van der Waals surface area (Å²) in [6.07, 6.45) is 2.87. The fourth-order valence-electron chi connectivity index (χ4n) is 2.74. The molecule has 0 radical (unpaired) electrons. The molecule has 0 atom stereocenters. The van der Waals surface area contributed by atoms with Crippen LogP contribution in [0.2, 0.25) is 0 Å². The molecule has 0 unspecified atom stereocenters. The normalized spacial score (nSPS) is 11.4. The maximum Gasteiger partial charge on any atom is 0.335 e. The number of aryl methyl sites for hydroxylation is 1. The zero-order valence-corrected chi connectivity index (χ0v) is 16.9. The Labute approximate surface area is 166 Å². The van der Waals surface area contributed by atoms with E-state index in [1.54, 1.807) is 11.0 Å². The summed E-state index contributed by atoms with van der Waals surface area (Å²) in [5.41, 5.74) is 1.11. The first kappa shape index (κ1) is 19.8. The van der Waals surface area contributed by atoms with Gasteiger partial charge in [0.05, 0.1) is 18.3 Å². The molecule has 0 aliphatic carbocycles. The lowest BCUT2D eigenvalue weighted by Gasteiger charge is -2.35. The highest BCUT2D eigenvalue weighted by Crippen LogP contribution is 2.26. The Morgan fingerprint density at radius 1 is 1.21 bits per heavy atom. The number of hydrogen-bond acceptors (Lipinski definition) is 6. The number of nitrogens with zero attached hydrogens (tertiary/aromatic N) is 3. The third-order valence-corrected chi connectivity index (χ3v) is 5.07. The zero-order valence-electron chi connectivity index (χ0n) is 16.1. The van der Waals surface area contributed by atoms with E-state index in [1.165, 1.54) is 35.9 Å². The highest BCUT2D eigenvalue weighted by molar-refractivity contribution is 7.09. The fourth-order valence-corrected chi connectivity index (χ4v) is 3.50. The van der Waals surface area contributed by atoms with Crippen molar-refractivity contribution in [1.29, 1.82) is 0 Å². The Morgan fingerprint density at radius 3 is 2.46 bits per heavy atom. The van der Waals surface area contributed by atoms with Crippen LogP contribution in [-0.2, 0) is 6.54 Å². The van der Waals surface area contributed by atoms with Gasteiger partial charge in [-0.25, -0.2) is 14.8 Å². The first-order valence-corrected chi connectivity index (χ1v) is 9.54. The number of rotatable bonds is 5. The maximum atomic E-state index is 13.4. The molecule has 146 valence electrons. The highest BCUT2D eigenvalue weighted by Gasteiger charge is 2.29. The largest absolute Gasteiger partial charge is 0.478 e. The number of aromatic nitrogens is 2. The van der Waals surface area contributed by atoms with E-state index in [0.29, 0.717) is 12.1 Å². The van der Waals surface area contributed by atoms with Crippen molar-refractivity contribution in [2.75, 3.05) is 0 Å². The molecule has 1 aromatic carbocycles. The van der Waals surface area contributed by atoms with E-state index < -0.39 is 11.5 Å². The van der Waals surface area contributed by atoms with Gasteiger partial charge in [0.2, 0.25) is 5.89 Å². The number of carboxylic acid groups (broad SMARTS) is 1. The number of oxazole rings is 1. The quantitative estimate of drug-likeness (QED) is 0.689. The number of carboxylic acids is 1. The molecular weight excluding hydrogens is 378 g/mol. The summed E-state index contributed by atoms with van der Waals surface area (Å²) in [7, 11) is 0. The molecule has 2 heterocycles. The second-order valence-corrected chi connectivity index (χ2v) is 8.33. The van der Waals surface area contributed by atoms with Gasteiger partial charge in [0.15, 0.2) is 0 Å². The number of carbonyl (C=O) groups excluding carboxylic acids is 1. The van der Waals surface area contributed by atoms with Crippen LogP contribution in [0.25, 0.3) is 11.5 Å². The number of hydrogen-bond donors (Lipinski definition) is 1. The molecule has 3 rings (SSSR count). The Bertz CT molecular complexity index is 1000. The monoisotopic (exact) mass is 399 g/mol. The van der Waals surface area contributed by atoms with Crippen molar-refractivity contribution in [2.45, 2.75) is 39.8 Å². The molecule has 1 amide bonds. The lowest BCUT2D eigenvalue weighted by atomic mass is 10.0. The van der Waals surface area contributed by atoms with E-state index in [0.717, 1.165) is 10.7 Å². The van der Waals surface area contributed by atoms with Crippen LogP contribution in [0.3, 0.4) is 0 Å². The second kappa shape index (κ2) is 7.55. The molecular formula is C20H21N3O4S. The highest BCUT2D eigenvalue weighted by atomic mass is 32.1. The molecule has 3 aromatic rings. The topological polar surface area (TPSA) is 96.5 Å². The minimum atomic E-state index is -1.12. The first-order chi connectivity index (χ1) is 13.1. The van der Waals surface area contributed by atoms with Gasteiger partial charge in [0.1, 0.15) is 11.3 Å². The predicted octanol–water partition coefficient (Wildman–Crippen LogP) is 4.25. The van der Waals surface area contributed by atoms with Gasteiger partial charge < -0.3 is 14.4 Å². The van der Waals surface area contributed by atoms with Crippen molar-refractivity contribution in [3.8, 4) is 11.5 Å². The van der Waals surface area contributed by atoms with Gasteiger partial charge in [-0.3, -0.25) is 4.79 Å². The fraction of sp³-hybridized carbons (Fsp3) is 0.300. The average Bonchev–Trinajstić information content (AvgIpc) is 3.29. The number of carbonyl (C=O) groups is 2. The van der Waals surface area contributed by atoms with Gasteiger partial charge in [-0.1, -0.05) is 0 Å². The maximum absolute atomic E-state index is 13.4. The van der Waals surface area contributed by atoms with E-state index in [2.05, 4.69) is 9.97 Å². The minimum absolute atomic E-state index is 0.00185. The standard InChI is InChI=1S/C20H21N3O4S/c1-12-11-28-16(22-12)10-23(20(2,3)4)18(24)14-7-13(17-21-5-6-27-17)8-15(9-14)19(25)26/h5-9,11H,10H2,1-4H3,(H,25,26). The number of thiazole rings is 1. The van der Waals surface area contributed by atoms with Gasteiger partial charge in [0, 0.05) is 27.7 Å². The van der Waals surface area contributed by atoms with E-state index in [9.17, 15) is 14.7 Å². The summed E-state index contributed by atoms with van der Waals surface area (Å²) in [6.45, 7) is 8.04. The molecule has 0 saturated heterocycles. The van der Waals surface area contributed by atoms with Crippen LogP contribution in [0.5, 0.6) is 0 Å². The summed E-state index contributed by atoms with van der Waals surface area (Å²) in [6, 6.07) is 4.42. The third-order valence-electron chi connectivity index (χ3n) is 4.12. The average molecular weight is 399 g/mol. The van der Waals surface area contributed by atoms with E-state index in [4.69, 9.17) is 4.42 Å². The van der Waals surface area contributed by atoms with Crippen molar-refractivity contribution in [2.24, 2.45) is 0 Å². The lowest BCUT2D eigenvalue weighted by molar-refractivity contribution is 0.0558. The number of amides is 1. The summed E-state index contributed by atoms with van der Waals surface area (Å²) >= 11 is 1.49. The summed E-state index contributed by atoms with van der Waals surface area (Å²) in [4.78, 5) is 35.1. The van der Waals surface area contributed by atoms with Crippen LogP contribution in [0.1, 0.15) is 52.2 Å². The molecule has 0 spiro atoms. The van der Waals surface area contributed by atoms with Gasteiger partial charge >= 0.3 is 5.97 Å². The van der Waals surface area contributed by atoms with Crippen molar-refractivity contribution >= 4 is 23.2 Å². The predicted molar refractivity (Wildman–Crippen MR) is 105 cm³/mol. The first-order valence-electron chi connectivity index (χ1n) is 8.66. The number of aromatic carboxylic acids is 1. The van der Waals surface area contributed by atoms with Crippen LogP contribution in [-0.4, -0.2) is 37.4 Å². The molecule has 0 saturated carbocycles. The van der Waals surface area contributed by atoms with Gasteiger partial charge in [-0.15, -0.1) is 11.3 Å². The van der Waals surface area contributed by atoms with Crippen molar-refractivity contribution < 1.29 is 19.1 Å². The van der Waals surface area contributed by atoms with Gasteiger partial charge in [-0.05, 0) is 45.9 Å². The van der Waals surface area contributed by atoms with Crippen LogP contribution >= 0.6 is 11.3 Å². The third kappa shape index (κ3) is 4.28. The molecule has 1 N–H and O–H groups in total. The van der Waals surface area contributed by atoms with Crippen molar-refractivity contribution in [3.63, 3.8) is 0 Å². The lowest BCUT2D eigenvalue weighted by Crippen LogP contribution is -2.45. The Balaban J connectivity index is 2.03. The summed E-state index contributed by atoms with van der Waals surface area (Å²) in [5.74, 6) is -1.15. The zero-order chi connectivity index (χ0) is 20.5. The molecule has 0 fully saturated rings. The van der Waals surface area contributed by atoms with E-state index in [1.807, 2.05) is 33.1 Å². The van der Waals surface area contributed by atoms with E-state index in [-0.39, 0.29) is 22.9 Å². The summed E-state index contributed by atoms with van der Waals surface area (Å²) in [5, 5.41) is 12.2. The molecule has 8 heteroatoms. The Morgan fingerprint density at radius 2 is 1.93 bits per heavy atom. The van der Waals surface area contributed by atoms with Crippen molar-refractivity contribution in [3.05, 3.63) is 57.9 Å². The van der Waals surface area contributed by atoms with Gasteiger partial charge in [-0.2, -0.15) is 0 Å². The molecule has 28 heavy (non-hydrogen) atoms. The van der Waals surface area contributed by atoms with Crippen LogP contribution in [0.4, 0.5) is 0 Å². The van der Waals surface area contributed by atoms with Gasteiger partial charge in [0.25, 0.3) is 5.91 Å². The second-order valence-electron chi connectivity index (χ2n) is 7.39. The minimum Gasteiger partial charge on any atom is -0.478 e. The van der Waals surface area contributed by atoms with Crippen LogP contribution in [0, 0.1) is 6.92 Å². The van der Waals surface area contributed by atoms with Crippen molar-refractivity contribution in [1.82, 2.24) is 14.9 Å². The smallest absolute Gasteiger partial charge is 0.335 e. The molecule has 2 aromatic heterocycles. The molecule has 7 nitrogen and oxygen atoms in total. The molecule has 0 aliphatic rings. The Hall–Kier alpha value is -3.00. The summed E-state index contributed by atoms with van der Waals surface area (Å²) < 4.78 is 5.28. The number of benzene rings is 1. The molecule has 0 aliphatic heterocycles. The van der Waals surface area contributed by atoms with Crippen LogP contribution < -0.4 is 0 Å².